The van der Waals surface area contributed by atoms with Crippen molar-refractivity contribution < 1.29 is 91.5 Å². The molecule has 0 rings (SSSR count). The molecular formula is H5KO4SiZn. The Kier molecular flexibility index (Phi) is 14.9. The van der Waals surface area contributed by atoms with E-state index in [1.54, 1.807) is 0 Å². The summed E-state index contributed by atoms with van der Waals surface area (Å²) in [5.41, 5.74) is 0. The molecule has 0 fully saturated rings. The van der Waals surface area contributed by atoms with E-state index in [1.165, 1.54) is 0 Å². The van der Waals surface area contributed by atoms with E-state index in [4.69, 9.17) is 19.2 Å². The molecule has 0 saturated heterocycles. The molecule has 0 unspecified atom stereocenters. The van der Waals surface area contributed by atoms with Crippen molar-refractivity contribution in [3.05, 3.63) is 0 Å². The molecule has 7 heteroatoms. The minimum Gasteiger partial charge on any atom is -1.00 e. The van der Waals surface area contributed by atoms with Crippen LogP contribution in [0, 0.1) is 0 Å². The Morgan fingerprint density at radius 3 is 1.00 bits per heavy atom. The van der Waals surface area contributed by atoms with Gasteiger partial charge in [-0.3, -0.25) is 0 Å². The second-order valence-electron chi connectivity index (χ2n) is 0.600. The quantitative estimate of drug-likeness (QED) is 0.295. The molecule has 0 aromatic carbocycles. The van der Waals surface area contributed by atoms with Crippen molar-refractivity contribution >= 4 is 9.05 Å². The van der Waals surface area contributed by atoms with E-state index < -0.39 is 9.05 Å². The summed E-state index contributed by atoms with van der Waals surface area (Å²) < 4.78 is 0. The molecule has 0 bridgehead atoms. The van der Waals surface area contributed by atoms with Crippen LogP contribution in [0.1, 0.15) is 1.43 Å². The van der Waals surface area contributed by atoms with Crippen LogP contribution >= 0.6 is 0 Å². The van der Waals surface area contributed by atoms with E-state index in [0.29, 0.717) is 0 Å². The second kappa shape index (κ2) is 6.44. The first kappa shape index (κ1) is 16.2. The maximum absolute atomic E-state index is 7.33. The molecule has 36 valence electrons. The molecule has 0 radical (unpaired) electrons. The zero-order valence-corrected chi connectivity index (χ0v) is 11.1. The van der Waals surface area contributed by atoms with Gasteiger partial charge in [-0.2, -0.15) is 0 Å². The van der Waals surface area contributed by atoms with Gasteiger partial charge in [0.1, 0.15) is 0 Å². The molecule has 7 heavy (non-hydrogen) atoms. The third kappa shape index (κ3) is 61.8. The molecule has 4 N–H and O–H groups in total. The van der Waals surface area contributed by atoms with Gasteiger partial charge >= 0.3 is 60.4 Å². The molecule has 4 nitrogen and oxygen atoms in total. The largest absolute Gasteiger partial charge is 1.00 e. The third-order valence-corrected chi connectivity index (χ3v) is 0. The molecule has 0 atom stereocenters. The Morgan fingerprint density at radius 2 is 1.00 bits per heavy atom. The standard InChI is InChI=1S/K.H4O4Si.Zn.H/c;1-5(2,3)4;;/h;1-4H;;/q+1;;;-1. The van der Waals surface area contributed by atoms with E-state index in [9.17, 15) is 0 Å². The van der Waals surface area contributed by atoms with E-state index >= 15 is 0 Å². The van der Waals surface area contributed by atoms with Crippen LogP contribution in [0.2, 0.25) is 0 Å². The second-order valence-corrected chi connectivity index (χ2v) is 1.80. The van der Waals surface area contributed by atoms with E-state index in [0.717, 1.165) is 0 Å². The summed E-state index contributed by atoms with van der Waals surface area (Å²) in [5.74, 6) is 0. The average molecular weight is 202 g/mol. The fourth-order valence-corrected chi connectivity index (χ4v) is 0. The fraction of sp³-hybridized carbons (Fsp3) is 0. The van der Waals surface area contributed by atoms with Crippen molar-refractivity contribution in [2.45, 2.75) is 0 Å². The van der Waals surface area contributed by atoms with Gasteiger partial charge in [-0.05, 0) is 0 Å². The topological polar surface area (TPSA) is 80.9 Å². The first-order valence-corrected chi connectivity index (χ1v) is 2.68. The van der Waals surface area contributed by atoms with E-state index in [-0.39, 0.29) is 72.3 Å². The van der Waals surface area contributed by atoms with Gasteiger partial charge in [0.2, 0.25) is 0 Å². The van der Waals surface area contributed by atoms with Crippen molar-refractivity contribution in [2.75, 3.05) is 0 Å². The Balaban J connectivity index is -0.0000000267. The summed E-state index contributed by atoms with van der Waals surface area (Å²) in [7, 11) is -4.61. The van der Waals surface area contributed by atoms with Gasteiger partial charge in [0, 0.05) is 19.5 Å². The van der Waals surface area contributed by atoms with Crippen LogP contribution in [0.25, 0.3) is 0 Å². The van der Waals surface area contributed by atoms with Crippen LogP contribution in [-0.4, -0.2) is 28.2 Å². The SMILES string of the molecule is O[Si](O)(O)O.[H-].[K+].[Zn]. The Hall–Kier alpha value is 2.32. The smallest absolute Gasteiger partial charge is 1.00 e. The monoisotopic (exact) mass is 200 g/mol. The summed E-state index contributed by atoms with van der Waals surface area (Å²) in [4.78, 5) is 29.3. The van der Waals surface area contributed by atoms with Crippen molar-refractivity contribution in [1.82, 2.24) is 0 Å². The predicted octanol–water partition coefficient (Wildman–Crippen LogP) is -5.49. The Morgan fingerprint density at radius 1 is 1.00 bits per heavy atom. The van der Waals surface area contributed by atoms with Crippen LogP contribution < -0.4 is 51.4 Å². The molecule has 0 aromatic heterocycles. The maximum atomic E-state index is 7.33. The maximum Gasteiger partial charge on any atom is 1.00 e. The van der Waals surface area contributed by atoms with Crippen molar-refractivity contribution in [2.24, 2.45) is 0 Å². The molecule has 0 aromatic rings. The van der Waals surface area contributed by atoms with Gasteiger partial charge in [-0.15, -0.1) is 0 Å². The minimum atomic E-state index is -4.61. The fourth-order valence-electron chi connectivity index (χ4n) is 0. The first-order chi connectivity index (χ1) is 2.00. The van der Waals surface area contributed by atoms with Gasteiger partial charge in [-0.1, -0.05) is 0 Å². The van der Waals surface area contributed by atoms with Gasteiger partial charge in [0.05, 0.1) is 0 Å². The van der Waals surface area contributed by atoms with Crippen molar-refractivity contribution in [3.63, 3.8) is 0 Å². The minimum absolute atomic E-state index is 0. The average Bonchev–Trinajstić information content (AvgIpc) is 0.722. The van der Waals surface area contributed by atoms with E-state index in [1.807, 2.05) is 0 Å². The van der Waals surface area contributed by atoms with Crippen LogP contribution in [0.15, 0.2) is 0 Å². The molecule has 0 aliphatic carbocycles. The van der Waals surface area contributed by atoms with Crippen molar-refractivity contribution in [3.8, 4) is 0 Å². The number of hydrogen-bond acceptors (Lipinski definition) is 4. The molecule has 0 aliphatic rings. The molecule has 0 heterocycles. The van der Waals surface area contributed by atoms with E-state index in [2.05, 4.69) is 0 Å². The van der Waals surface area contributed by atoms with Gasteiger partial charge in [0.25, 0.3) is 0 Å². The zero-order chi connectivity index (χ0) is 4.50. The molecule has 0 aliphatic heterocycles. The van der Waals surface area contributed by atoms with Gasteiger partial charge in [-0.25, -0.2) is 0 Å². The first-order valence-electron chi connectivity index (χ1n) is 0.894. The van der Waals surface area contributed by atoms with Crippen LogP contribution in [0.3, 0.4) is 0 Å². The van der Waals surface area contributed by atoms with Gasteiger partial charge < -0.3 is 20.6 Å². The van der Waals surface area contributed by atoms with Crippen LogP contribution in [-0.2, 0) is 19.5 Å². The Bertz CT molecular complexity index is 31.5. The summed E-state index contributed by atoms with van der Waals surface area (Å²) in [6, 6.07) is 0. The van der Waals surface area contributed by atoms with Gasteiger partial charge in [0.15, 0.2) is 0 Å². The molecule has 0 saturated carbocycles. The van der Waals surface area contributed by atoms with Crippen molar-refractivity contribution in [1.29, 1.82) is 0 Å². The molecule has 0 amide bonds. The summed E-state index contributed by atoms with van der Waals surface area (Å²) in [5, 5.41) is 0. The van der Waals surface area contributed by atoms with Crippen LogP contribution in [0.5, 0.6) is 0 Å². The summed E-state index contributed by atoms with van der Waals surface area (Å²) >= 11 is 0. The Labute approximate surface area is 98.7 Å². The van der Waals surface area contributed by atoms with Crippen LogP contribution in [0.4, 0.5) is 0 Å². The summed E-state index contributed by atoms with van der Waals surface area (Å²) in [6.07, 6.45) is 0. The molecule has 0 spiro atoms. The molecular weight excluding hydrogens is 197 g/mol. The third-order valence-electron chi connectivity index (χ3n) is 0. The number of rotatable bonds is 0. The predicted molar refractivity (Wildman–Crippen MR) is 15.7 cm³/mol. The summed E-state index contributed by atoms with van der Waals surface area (Å²) in [6.45, 7) is 0. The zero-order valence-electron chi connectivity index (χ0n) is 5.00. The number of hydrogen-bond donors (Lipinski definition) is 4. The normalized spacial score (nSPS) is 8.57.